The number of unbranched alkanes of at least 4 members (excludes halogenated alkanes) is 1. The molecule has 1 atom stereocenters. The summed E-state index contributed by atoms with van der Waals surface area (Å²) in [6.07, 6.45) is 0.0360. The van der Waals surface area contributed by atoms with Crippen molar-refractivity contribution >= 4 is 17.5 Å². The van der Waals surface area contributed by atoms with Gasteiger partial charge in [-0.25, -0.2) is 4.39 Å². The van der Waals surface area contributed by atoms with Crippen molar-refractivity contribution < 1.29 is 27.2 Å². The van der Waals surface area contributed by atoms with Crippen LogP contribution < -0.4 is 5.32 Å². The van der Waals surface area contributed by atoms with Gasteiger partial charge < -0.3 is 10.2 Å². The fourth-order valence-corrected chi connectivity index (χ4v) is 6.64. The number of aromatic amines is 1. The average Bonchev–Trinajstić information content (AvgIpc) is 3.62. The summed E-state index contributed by atoms with van der Waals surface area (Å²) in [5.41, 5.74) is -1.28. The van der Waals surface area contributed by atoms with E-state index in [1.165, 1.54) is 0 Å². The summed E-state index contributed by atoms with van der Waals surface area (Å²) >= 11 is 0. The molecule has 2 N–H and O–H groups in total. The monoisotopic (exact) mass is 641 g/mol. The van der Waals surface area contributed by atoms with Crippen molar-refractivity contribution in [1.82, 2.24) is 30.8 Å². The highest BCUT2D eigenvalue weighted by atomic mass is 19.4. The number of aromatic nitrogens is 4. The van der Waals surface area contributed by atoms with Gasteiger partial charge in [-0.3, -0.25) is 14.6 Å². The van der Waals surface area contributed by atoms with Crippen molar-refractivity contribution in [3.05, 3.63) is 76.4 Å². The number of nitrogens with zero attached hydrogens (tertiary/aromatic N) is 5. The van der Waals surface area contributed by atoms with Crippen LogP contribution >= 0.6 is 0 Å². The van der Waals surface area contributed by atoms with Crippen molar-refractivity contribution in [3.8, 4) is 0 Å². The Hall–Kier alpha value is -4.16. The molecule has 2 amide bonds. The predicted octanol–water partition coefficient (Wildman–Crippen LogP) is 6.78. The molecule has 9 nitrogen and oxygen atoms in total. The molecule has 13 heteroatoms. The molecule has 1 aliphatic heterocycles. The fourth-order valence-electron chi connectivity index (χ4n) is 6.64. The minimum Gasteiger partial charge on any atom is -0.345 e. The first kappa shape index (κ1) is 33.2. The highest BCUT2D eigenvalue weighted by molar-refractivity contribution is 6.46. The molecule has 2 aliphatic rings. The van der Waals surface area contributed by atoms with Crippen LogP contribution in [0.25, 0.3) is 0 Å². The van der Waals surface area contributed by atoms with E-state index in [1.54, 1.807) is 29.2 Å². The third kappa shape index (κ3) is 6.97. The summed E-state index contributed by atoms with van der Waals surface area (Å²) < 4.78 is 55.6. The number of nitrogens with one attached hydrogen (secondary N) is 2. The Labute approximate surface area is 265 Å². The van der Waals surface area contributed by atoms with Gasteiger partial charge in [-0.15, -0.1) is 10.2 Å². The number of benzene rings is 2. The molecule has 1 aromatic heterocycles. The van der Waals surface area contributed by atoms with Gasteiger partial charge in [0.2, 0.25) is 0 Å². The lowest BCUT2D eigenvalue weighted by atomic mass is 9.69. The molecule has 46 heavy (non-hydrogen) atoms. The van der Waals surface area contributed by atoms with Crippen LogP contribution in [-0.4, -0.2) is 48.7 Å². The highest BCUT2D eigenvalue weighted by Crippen LogP contribution is 2.50. The molecule has 1 spiro atoms. The zero-order chi connectivity index (χ0) is 33.3. The van der Waals surface area contributed by atoms with E-state index in [-0.39, 0.29) is 29.1 Å². The molecular weight excluding hydrogens is 602 g/mol. The molecule has 1 saturated carbocycles. The lowest BCUT2D eigenvalue weighted by molar-refractivity contribution is -0.138. The van der Waals surface area contributed by atoms with Gasteiger partial charge in [-0.1, -0.05) is 57.9 Å². The van der Waals surface area contributed by atoms with E-state index in [4.69, 9.17) is 4.99 Å². The summed E-state index contributed by atoms with van der Waals surface area (Å²) in [6, 6.07) is 8.66. The van der Waals surface area contributed by atoms with Gasteiger partial charge in [0.1, 0.15) is 17.2 Å². The number of alkyl halides is 3. The third-order valence-corrected chi connectivity index (χ3v) is 9.20. The number of carbonyl (C=O) groups excluding carboxylic acids is 2. The maximum atomic E-state index is 14.6. The van der Waals surface area contributed by atoms with E-state index in [2.05, 4.69) is 46.7 Å². The Kier molecular flexibility index (Phi) is 9.33. The molecule has 2 heterocycles. The van der Waals surface area contributed by atoms with E-state index in [9.17, 15) is 27.2 Å². The lowest BCUT2D eigenvalue weighted by Crippen LogP contribution is -2.51. The molecule has 1 unspecified atom stereocenters. The second-order valence-electron chi connectivity index (χ2n) is 13.3. The summed E-state index contributed by atoms with van der Waals surface area (Å²) in [5, 5.41) is 16.2. The average molecular weight is 642 g/mol. The summed E-state index contributed by atoms with van der Waals surface area (Å²) in [5.74, 6) is -1.23. The van der Waals surface area contributed by atoms with Crippen LogP contribution in [0.5, 0.6) is 0 Å². The molecule has 1 fully saturated rings. The molecular formula is C33H39F4N7O2. The first-order valence-corrected chi connectivity index (χ1v) is 15.6. The molecule has 2 aromatic carbocycles. The van der Waals surface area contributed by atoms with Gasteiger partial charge in [-0.05, 0) is 79.3 Å². The van der Waals surface area contributed by atoms with Crippen LogP contribution in [0.4, 0.5) is 17.6 Å². The Morgan fingerprint density at radius 3 is 2.39 bits per heavy atom. The van der Waals surface area contributed by atoms with Crippen molar-refractivity contribution in [2.24, 2.45) is 16.3 Å². The molecule has 0 saturated heterocycles. The van der Waals surface area contributed by atoms with Crippen LogP contribution in [0, 0.1) is 17.2 Å². The second kappa shape index (κ2) is 12.9. The zero-order valence-electron chi connectivity index (χ0n) is 26.4. The van der Waals surface area contributed by atoms with Crippen molar-refractivity contribution in [1.29, 1.82) is 0 Å². The first-order valence-electron chi connectivity index (χ1n) is 15.6. The third-order valence-electron chi connectivity index (χ3n) is 9.20. The van der Waals surface area contributed by atoms with E-state index in [1.807, 2.05) is 6.92 Å². The predicted molar refractivity (Wildman–Crippen MR) is 163 cm³/mol. The normalized spacial score (nSPS) is 21.0. The van der Waals surface area contributed by atoms with Crippen LogP contribution in [0.1, 0.15) is 112 Å². The number of aliphatic imine (C=N–C) groups is 1. The Balaban J connectivity index is 1.51. The minimum atomic E-state index is -4.79. The van der Waals surface area contributed by atoms with E-state index in [0.29, 0.717) is 42.6 Å². The number of amides is 2. The number of rotatable bonds is 9. The molecule has 5 rings (SSSR count). The van der Waals surface area contributed by atoms with Gasteiger partial charge in [0.25, 0.3) is 11.8 Å². The Morgan fingerprint density at radius 2 is 1.80 bits per heavy atom. The smallest absolute Gasteiger partial charge is 0.345 e. The van der Waals surface area contributed by atoms with Crippen molar-refractivity contribution in [2.45, 2.75) is 97.1 Å². The maximum Gasteiger partial charge on any atom is 0.416 e. The highest BCUT2D eigenvalue weighted by Gasteiger charge is 2.53. The van der Waals surface area contributed by atoms with E-state index >= 15 is 0 Å². The SMILES string of the molecule is CCCCC(c1ccc(C(=O)NCc2nn[nH]n2)cc1)N1C(=O)C(c2cc(F)cc(C(F)(F)F)c2)=NC12CCC(C(C)(C)C)CC2. The van der Waals surface area contributed by atoms with Crippen molar-refractivity contribution in [2.75, 3.05) is 0 Å². The molecule has 246 valence electrons. The van der Waals surface area contributed by atoms with Gasteiger partial charge in [0.15, 0.2) is 5.82 Å². The summed E-state index contributed by atoms with van der Waals surface area (Å²) in [7, 11) is 0. The number of tetrazole rings is 1. The van der Waals surface area contributed by atoms with Crippen LogP contribution in [0.15, 0.2) is 47.5 Å². The molecule has 3 aromatic rings. The summed E-state index contributed by atoms with van der Waals surface area (Å²) in [6.45, 7) is 8.66. The summed E-state index contributed by atoms with van der Waals surface area (Å²) in [4.78, 5) is 33.8. The fraction of sp³-hybridized carbons (Fsp3) is 0.515. The van der Waals surface area contributed by atoms with Gasteiger partial charge in [0, 0.05) is 11.1 Å². The number of H-pyrrole nitrogens is 1. The first-order chi connectivity index (χ1) is 21.7. The largest absolute Gasteiger partial charge is 0.416 e. The molecule has 1 aliphatic carbocycles. The minimum absolute atomic E-state index is 0.0352. The van der Waals surface area contributed by atoms with Gasteiger partial charge >= 0.3 is 6.18 Å². The standard InChI is InChI=1S/C33H39F4N7O2/c1-5-6-7-26(20-8-10-21(11-9-20)29(45)38-19-27-40-42-43-41-27)44-30(46)28(22-16-24(33(35,36)37)18-25(34)17-22)39-32(44)14-12-23(13-15-32)31(2,3)4/h8-11,16-18,23,26H,5-7,12-15,19H2,1-4H3,(H,38,45)(H,40,41,42,43). The Morgan fingerprint density at radius 1 is 1.11 bits per heavy atom. The van der Waals surface area contributed by atoms with Crippen LogP contribution in [0.3, 0.4) is 0 Å². The van der Waals surface area contributed by atoms with E-state index < -0.39 is 35.2 Å². The number of hydrogen-bond acceptors (Lipinski definition) is 6. The zero-order valence-corrected chi connectivity index (χ0v) is 26.4. The Bertz CT molecular complexity index is 1570. The van der Waals surface area contributed by atoms with Crippen LogP contribution in [0.2, 0.25) is 0 Å². The lowest BCUT2D eigenvalue weighted by Gasteiger charge is -2.47. The van der Waals surface area contributed by atoms with Gasteiger partial charge in [0.05, 0.1) is 18.2 Å². The van der Waals surface area contributed by atoms with Gasteiger partial charge in [-0.2, -0.15) is 18.4 Å². The molecule has 0 radical (unpaired) electrons. The number of halogens is 4. The molecule has 0 bridgehead atoms. The van der Waals surface area contributed by atoms with Crippen LogP contribution in [-0.2, 0) is 17.5 Å². The topological polar surface area (TPSA) is 116 Å². The maximum absolute atomic E-state index is 14.6. The quantitative estimate of drug-likeness (QED) is 0.250. The number of carbonyl (C=O) groups is 2. The number of hydrogen-bond donors (Lipinski definition) is 2. The second-order valence-corrected chi connectivity index (χ2v) is 13.3. The van der Waals surface area contributed by atoms with E-state index in [0.717, 1.165) is 43.4 Å². The van der Waals surface area contributed by atoms with Crippen molar-refractivity contribution in [3.63, 3.8) is 0 Å².